The van der Waals surface area contributed by atoms with E-state index in [1.165, 1.54) is 6.07 Å². The molecule has 1 aliphatic rings. The summed E-state index contributed by atoms with van der Waals surface area (Å²) in [5.41, 5.74) is 0.491. The van der Waals surface area contributed by atoms with Crippen molar-refractivity contribution in [3.05, 3.63) is 29.8 Å². The second-order valence-corrected chi connectivity index (χ2v) is 4.27. The smallest absolute Gasteiger partial charge is 0.387 e. The number of nitrogens with one attached hydrogen (secondary N) is 2. The molecule has 1 aliphatic heterocycles. The molecule has 0 radical (unpaired) electrons. The summed E-state index contributed by atoms with van der Waals surface area (Å²) < 4.78 is 34.2. The molecular formula is C13H17ClF2N2O3. The van der Waals surface area contributed by atoms with Crippen molar-refractivity contribution in [2.45, 2.75) is 19.3 Å². The maximum Gasteiger partial charge on any atom is 0.387 e. The highest BCUT2D eigenvalue weighted by molar-refractivity contribution is 5.85. The van der Waals surface area contributed by atoms with E-state index >= 15 is 0 Å². The highest BCUT2D eigenvalue weighted by atomic mass is 35.5. The van der Waals surface area contributed by atoms with E-state index in [2.05, 4.69) is 15.4 Å². The lowest BCUT2D eigenvalue weighted by Crippen LogP contribution is -2.47. The van der Waals surface area contributed by atoms with Crippen molar-refractivity contribution in [3.8, 4) is 5.75 Å². The summed E-state index contributed by atoms with van der Waals surface area (Å²) in [5.74, 6) is -0.213. The molecule has 0 bridgehead atoms. The van der Waals surface area contributed by atoms with E-state index in [9.17, 15) is 13.6 Å². The van der Waals surface area contributed by atoms with E-state index in [0.29, 0.717) is 18.7 Å². The lowest BCUT2D eigenvalue weighted by Gasteiger charge is -2.22. The quantitative estimate of drug-likeness (QED) is 0.858. The van der Waals surface area contributed by atoms with Crippen molar-refractivity contribution in [2.75, 3.05) is 19.7 Å². The molecule has 1 amide bonds. The molecule has 0 aromatic heterocycles. The van der Waals surface area contributed by atoms with Gasteiger partial charge >= 0.3 is 6.61 Å². The molecule has 1 saturated heterocycles. The van der Waals surface area contributed by atoms with Crippen LogP contribution in [0.2, 0.25) is 0 Å². The number of morpholine rings is 1. The van der Waals surface area contributed by atoms with Crippen LogP contribution in [-0.2, 0) is 16.1 Å². The van der Waals surface area contributed by atoms with Crippen molar-refractivity contribution in [3.63, 3.8) is 0 Å². The number of halogens is 3. The Labute approximate surface area is 127 Å². The highest BCUT2D eigenvalue weighted by Gasteiger charge is 2.21. The molecule has 0 saturated carbocycles. The standard InChI is InChI=1S/C13H16F2N2O3.ClH/c14-13(15)20-10-4-2-1-3-9(10)7-17-12(18)11-8-16-5-6-19-11;/h1-4,11,13,16H,5-8H2,(H,17,18);1H. The molecule has 1 aromatic carbocycles. The molecule has 1 aromatic rings. The third-order valence-electron chi connectivity index (χ3n) is 2.86. The summed E-state index contributed by atoms with van der Waals surface area (Å²) in [7, 11) is 0. The Bertz CT molecular complexity index is 457. The summed E-state index contributed by atoms with van der Waals surface area (Å²) in [5, 5.41) is 5.70. The van der Waals surface area contributed by atoms with Gasteiger partial charge in [-0.1, -0.05) is 18.2 Å². The fourth-order valence-corrected chi connectivity index (χ4v) is 1.89. The van der Waals surface area contributed by atoms with Gasteiger partial charge in [0.1, 0.15) is 11.9 Å². The molecule has 2 rings (SSSR count). The van der Waals surface area contributed by atoms with Gasteiger partial charge in [-0.2, -0.15) is 8.78 Å². The van der Waals surface area contributed by atoms with Crippen LogP contribution in [0, 0.1) is 0 Å². The molecule has 1 atom stereocenters. The van der Waals surface area contributed by atoms with Gasteiger partial charge in [-0.05, 0) is 6.07 Å². The number of rotatable bonds is 5. The molecular weight excluding hydrogens is 306 g/mol. The number of hydrogen-bond acceptors (Lipinski definition) is 4. The van der Waals surface area contributed by atoms with Gasteiger partial charge in [-0.25, -0.2) is 0 Å². The predicted molar refractivity (Wildman–Crippen MR) is 74.8 cm³/mol. The minimum atomic E-state index is -2.89. The van der Waals surface area contributed by atoms with Crippen LogP contribution in [0.1, 0.15) is 5.56 Å². The SMILES string of the molecule is Cl.O=C(NCc1ccccc1OC(F)F)C1CNCCO1. The Morgan fingerprint density at radius 1 is 1.48 bits per heavy atom. The molecule has 8 heteroatoms. The molecule has 1 unspecified atom stereocenters. The number of benzene rings is 1. The van der Waals surface area contributed by atoms with Gasteiger partial charge in [0.25, 0.3) is 5.91 Å². The molecule has 0 spiro atoms. The maximum absolute atomic E-state index is 12.3. The number of hydrogen-bond donors (Lipinski definition) is 2. The lowest BCUT2D eigenvalue weighted by atomic mass is 10.2. The Morgan fingerprint density at radius 2 is 2.24 bits per heavy atom. The van der Waals surface area contributed by atoms with Crippen molar-refractivity contribution in [2.24, 2.45) is 0 Å². The summed E-state index contributed by atoms with van der Waals surface area (Å²) in [4.78, 5) is 11.8. The van der Waals surface area contributed by atoms with Crippen LogP contribution in [0.5, 0.6) is 5.75 Å². The van der Waals surface area contributed by atoms with Gasteiger partial charge in [0.2, 0.25) is 0 Å². The van der Waals surface area contributed by atoms with Gasteiger partial charge in [0.15, 0.2) is 0 Å². The average molecular weight is 323 g/mol. The zero-order valence-electron chi connectivity index (χ0n) is 11.2. The zero-order valence-corrected chi connectivity index (χ0v) is 12.0. The van der Waals surface area contributed by atoms with Crippen molar-refractivity contribution >= 4 is 18.3 Å². The second-order valence-electron chi connectivity index (χ2n) is 4.27. The van der Waals surface area contributed by atoms with Crippen molar-refractivity contribution in [1.29, 1.82) is 0 Å². The first-order valence-electron chi connectivity index (χ1n) is 6.29. The minimum absolute atomic E-state index is 0. The Balaban J connectivity index is 0.00000220. The number of ether oxygens (including phenoxy) is 2. The molecule has 0 aliphatic carbocycles. The molecule has 21 heavy (non-hydrogen) atoms. The molecule has 2 N–H and O–H groups in total. The van der Waals surface area contributed by atoms with Crippen LogP contribution in [0.3, 0.4) is 0 Å². The van der Waals surface area contributed by atoms with Gasteiger partial charge < -0.3 is 20.1 Å². The number of alkyl halides is 2. The summed E-state index contributed by atoms with van der Waals surface area (Å²) >= 11 is 0. The average Bonchev–Trinajstić information content (AvgIpc) is 2.46. The van der Waals surface area contributed by atoms with Crippen LogP contribution in [0.25, 0.3) is 0 Å². The van der Waals surface area contributed by atoms with Crippen LogP contribution in [-0.4, -0.2) is 38.3 Å². The first-order valence-corrected chi connectivity index (χ1v) is 6.29. The van der Waals surface area contributed by atoms with E-state index in [1.807, 2.05) is 0 Å². The first kappa shape index (κ1) is 17.6. The van der Waals surface area contributed by atoms with E-state index in [4.69, 9.17) is 4.74 Å². The highest BCUT2D eigenvalue weighted by Crippen LogP contribution is 2.19. The van der Waals surface area contributed by atoms with Crippen molar-refractivity contribution in [1.82, 2.24) is 10.6 Å². The van der Waals surface area contributed by atoms with E-state index < -0.39 is 12.7 Å². The van der Waals surface area contributed by atoms with Gasteiger partial charge in [0, 0.05) is 25.2 Å². The second kappa shape index (κ2) is 8.76. The summed E-state index contributed by atoms with van der Waals surface area (Å²) in [6.45, 7) is -1.14. The Morgan fingerprint density at radius 3 is 2.90 bits per heavy atom. The van der Waals surface area contributed by atoms with E-state index in [-0.39, 0.29) is 30.6 Å². The largest absolute Gasteiger partial charge is 0.434 e. The van der Waals surface area contributed by atoms with Crippen LogP contribution in [0.15, 0.2) is 24.3 Å². The van der Waals surface area contributed by atoms with Gasteiger partial charge in [0.05, 0.1) is 6.61 Å². The minimum Gasteiger partial charge on any atom is -0.434 e. The monoisotopic (exact) mass is 322 g/mol. The summed E-state index contributed by atoms with van der Waals surface area (Å²) in [6, 6.07) is 6.35. The Hall–Kier alpha value is -1.44. The van der Waals surface area contributed by atoms with Crippen LogP contribution >= 0.6 is 12.4 Å². The first-order chi connectivity index (χ1) is 9.66. The molecule has 5 nitrogen and oxygen atoms in total. The molecule has 118 valence electrons. The zero-order chi connectivity index (χ0) is 14.4. The van der Waals surface area contributed by atoms with Crippen molar-refractivity contribution < 1.29 is 23.0 Å². The topological polar surface area (TPSA) is 59.6 Å². The van der Waals surface area contributed by atoms with Crippen LogP contribution in [0.4, 0.5) is 8.78 Å². The number of carbonyl (C=O) groups is 1. The summed E-state index contributed by atoms with van der Waals surface area (Å²) in [6.07, 6.45) is -0.549. The maximum atomic E-state index is 12.3. The third-order valence-corrected chi connectivity index (χ3v) is 2.86. The lowest BCUT2D eigenvalue weighted by molar-refractivity contribution is -0.134. The molecule has 1 heterocycles. The third kappa shape index (κ3) is 5.45. The predicted octanol–water partition coefficient (Wildman–Crippen LogP) is 1.31. The normalized spacial score (nSPS) is 18.0. The number of amides is 1. The number of carbonyl (C=O) groups excluding carboxylic acids is 1. The van der Waals surface area contributed by atoms with Gasteiger partial charge in [-0.3, -0.25) is 4.79 Å². The van der Waals surface area contributed by atoms with Crippen LogP contribution < -0.4 is 15.4 Å². The fraction of sp³-hybridized carbons (Fsp3) is 0.462. The van der Waals surface area contributed by atoms with E-state index in [1.54, 1.807) is 18.2 Å². The van der Waals surface area contributed by atoms with E-state index in [0.717, 1.165) is 6.54 Å². The molecule has 1 fully saturated rings. The Kier molecular flexibility index (Phi) is 7.35. The van der Waals surface area contributed by atoms with Gasteiger partial charge in [-0.15, -0.1) is 12.4 Å². The fourth-order valence-electron chi connectivity index (χ4n) is 1.89. The number of para-hydroxylation sites is 1.